The Labute approximate surface area is 248 Å². The summed E-state index contributed by atoms with van der Waals surface area (Å²) in [4.78, 5) is 46.0. The highest BCUT2D eigenvalue weighted by atomic mass is 19.1. The second-order valence-corrected chi connectivity index (χ2v) is 10.9. The fraction of sp³-hybridized carbons (Fsp3) is 0.139. The van der Waals surface area contributed by atoms with Crippen LogP contribution in [-0.2, 0) is 10.2 Å². The van der Waals surface area contributed by atoms with Gasteiger partial charge in [0.15, 0.2) is 11.6 Å². The molecule has 212 valence electrons. The summed E-state index contributed by atoms with van der Waals surface area (Å²) in [7, 11) is 0. The number of rotatable bonds is 7. The summed E-state index contributed by atoms with van der Waals surface area (Å²) in [5, 5.41) is 3.04. The maximum Gasteiger partial charge on any atom is 0.238 e. The smallest absolute Gasteiger partial charge is 0.238 e. The fourth-order valence-corrected chi connectivity index (χ4v) is 7.06. The van der Waals surface area contributed by atoms with E-state index in [1.807, 2.05) is 65.7 Å². The summed E-state index contributed by atoms with van der Waals surface area (Å²) >= 11 is 0. The molecule has 3 aliphatic rings. The van der Waals surface area contributed by atoms with Crippen molar-refractivity contribution in [1.82, 2.24) is 4.90 Å². The zero-order valence-corrected chi connectivity index (χ0v) is 23.1. The summed E-state index contributed by atoms with van der Waals surface area (Å²) in [6.45, 7) is 3.89. The molecule has 0 aromatic heterocycles. The molecule has 0 radical (unpaired) electrons. The molecule has 7 heteroatoms. The minimum absolute atomic E-state index is 0.173. The molecule has 1 spiro atoms. The Bertz CT molecular complexity index is 1830. The van der Waals surface area contributed by atoms with Gasteiger partial charge < -0.3 is 15.0 Å². The van der Waals surface area contributed by atoms with Crippen LogP contribution in [0.1, 0.15) is 43.4 Å². The molecule has 3 aliphatic heterocycles. The first kappa shape index (κ1) is 26.6. The highest BCUT2D eigenvalue weighted by Gasteiger charge is 2.70. The summed E-state index contributed by atoms with van der Waals surface area (Å²) < 4.78 is 19.8. The average Bonchev–Trinajstić information content (AvgIpc) is 3.52. The zero-order chi connectivity index (χ0) is 29.7. The van der Waals surface area contributed by atoms with Gasteiger partial charge in [-0.15, -0.1) is 0 Å². The first-order chi connectivity index (χ1) is 21.0. The van der Waals surface area contributed by atoms with Gasteiger partial charge in [0.1, 0.15) is 29.6 Å². The molecule has 1 amide bonds. The van der Waals surface area contributed by atoms with E-state index in [2.05, 4.69) is 11.9 Å². The Hall–Kier alpha value is -5.30. The van der Waals surface area contributed by atoms with E-state index >= 15 is 4.79 Å². The van der Waals surface area contributed by atoms with Crippen LogP contribution in [0, 0.1) is 11.7 Å². The first-order valence-electron chi connectivity index (χ1n) is 14.1. The molecule has 0 unspecified atom stereocenters. The van der Waals surface area contributed by atoms with Crippen molar-refractivity contribution in [1.29, 1.82) is 0 Å². The summed E-state index contributed by atoms with van der Waals surface area (Å²) in [6.07, 6.45) is 5.29. The number of amides is 1. The molecule has 1 fully saturated rings. The van der Waals surface area contributed by atoms with Crippen molar-refractivity contribution in [2.75, 3.05) is 11.9 Å². The zero-order valence-electron chi connectivity index (χ0n) is 23.1. The third-order valence-electron chi connectivity index (χ3n) is 8.76. The number of nitrogens with zero attached hydrogens (tertiary/aromatic N) is 1. The number of hydrogen-bond acceptors (Lipinski definition) is 5. The van der Waals surface area contributed by atoms with Gasteiger partial charge in [0.05, 0.1) is 17.5 Å². The normalized spacial score (nSPS) is 22.9. The van der Waals surface area contributed by atoms with Crippen molar-refractivity contribution in [2.45, 2.75) is 17.5 Å². The number of carbonyl (C=O) groups is 3. The number of ketones is 2. The number of Topliss-reactive ketones (excluding diaryl/α,β-unsaturated/α-hetero) is 2. The molecule has 1 saturated heterocycles. The Morgan fingerprint density at radius 1 is 0.930 bits per heavy atom. The van der Waals surface area contributed by atoms with Gasteiger partial charge in [-0.3, -0.25) is 14.4 Å². The molecule has 1 N–H and O–H groups in total. The Kier molecular flexibility index (Phi) is 6.31. The number of benzene rings is 4. The maximum atomic E-state index is 15.1. The van der Waals surface area contributed by atoms with Crippen LogP contribution >= 0.6 is 0 Å². The lowest BCUT2D eigenvalue weighted by molar-refractivity contribution is -0.122. The van der Waals surface area contributed by atoms with Gasteiger partial charge in [-0.25, -0.2) is 4.39 Å². The van der Waals surface area contributed by atoms with E-state index in [4.69, 9.17) is 4.74 Å². The van der Waals surface area contributed by atoms with Gasteiger partial charge >= 0.3 is 0 Å². The maximum absolute atomic E-state index is 15.1. The van der Waals surface area contributed by atoms with Crippen molar-refractivity contribution in [3.63, 3.8) is 0 Å². The third-order valence-corrected chi connectivity index (χ3v) is 8.76. The number of para-hydroxylation sites is 2. The molecule has 4 atom stereocenters. The molecular formula is C36H27FN2O4. The molecule has 4 aromatic rings. The molecule has 0 bridgehead atoms. The van der Waals surface area contributed by atoms with E-state index in [1.54, 1.807) is 30.3 Å². The topological polar surface area (TPSA) is 75.7 Å². The van der Waals surface area contributed by atoms with E-state index in [0.717, 1.165) is 11.1 Å². The van der Waals surface area contributed by atoms with Crippen LogP contribution in [0.3, 0.4) is 0 Å². The van der Waals surface area contributed by atoms with Crippen molar-refractivity contribution < 1.29 is 23.5 Å². The summed E-state index contributed by atoms with van der Waals surface area (Å²) in [5.74, 6) is -2.44. The van der Waals surface area contributed by atoms with E-state index < -0.39 is 35.0 Å². The Morgan fingerprint density at radius 2 is 1.65 bits per heavy atom. The van der Waals surface area contributed by atoms with Crippen molar-refractivity contribution in [3.05, 3.63) is 150 Å². The number of carbonyl (C=O) groups excluding carboxylic acids is 3. The predicted octanol–water partition coefficient (Wildman–Crippen LogP) is 6.37. The van der Waals surface area contributed by atoms with Crippen LogP contribution in [0.5, 0.6) is 5.75 Å². The highest BCUT2D eigenvalue weighted by molar-refractivity contribution is 6.17. The van der Waals surface area contributed by atoms with Gasteiger partial charge in [-0.1, -0.05) is 67.3 Å². The van der Waals surface area contributed by atoms with Crippen molar-refractivity contribution in [3.8, 4) is 5.75 Å². The summed E-state index contributed by atoms with van der Waals surface area (Å²) in [6, 6.07) is 25.4. The molecule has 4 aromatic carbocycles. The number of hydrogen-bond donors (Lipinski definition) is 1. The van der Waals surface area contributed by atoms with E-state index in [0.29, 0.717) is 17.0 Å². The number of anilines is 1. The predicted molar refractivity (Wildman–Crippen MR) is 161 cm³/mol. The second-order valence-electron chi connectivity index (χ2n) is 10.9. The fourth-order valence-electron chi connectivity index (χ4n) is 7.06. The van der Waals surface area contributed by atoms with E-state index in [1.165, 1.54) is 24.3 Å². The average molecular weight is 571 g/mol. The van der Waals surface area contributed by atoms with Crippen LogP contribution < -0.4 is 10.1 Å². The first-order valence-corrected chi connectivity index (χ1v) is 14.1. The van der Waals surface area contributed by atoms with Crippen LogP contribution in [0.25, 0.3) is 6.08 Å². The SMILES string of the molecule is C=CCOc1ccccc1C(=O)[C@H]1[C@H](C(=O)c2ccc(F)cc2)N2C=Cc3ccccc3[C@@H]2[C@]12C(=O)Nc1ccccc12. The van der Waals surface area contributed by atoms with Crippen LogP contribution in [0.2, 0.25) is 0 Å². The number of fused-ring (bicyclic) bond motifs is 6. The van der Waals surface area contributed by atoms with Gasteiger partial charge in [0, 0.05) is 17.5 Å². The van der Waals surface area contributed by atoms with Gasteiger partial charge in [0.25, 0.3) is 0 Å². The summed E-state index contributed by atoms with van der Waals surface area (Å²) in [5.41, 5.74) is 2.02. The monoisotopic (exact) mass is 570 g/mol. The van der Waals surface area contributed by atoms with E-state index in [9.17, 15) is 14.0 Å². The minimum Gasteiger partial charge on any atom is -0.489 e. The van der Waals surface area contributed by atoms with Crippen molar-refractivity contribution in [2.24, 2.45) is 5.92 Å². The molecule has 6 nitrogen and oxygen atoms in total. The minimum atomic E-state index is -1.47. The molecule has 7 rings (SSSR count). The van der Waals surface area contributed by atoms with Crippen LogP contribution in [-0.4, -0.2) is 35.0 Å². The Balaban J connectivity index is 1.52. The molecule has 0 saturated carbocycles. The largest absolute Gasteiger partial charge is 0.489 e. The van der Waals surface area contributed by atoms with Crippen molar-refractivity contribution >= 4 is 29.2 Å². The Morgan fingerprint density at radius 3 is 2.47 bits per heavy atom. The standard InChI is InChI=1S/C36H27FN2O4/c1-2-21-43-29-14-8-5-11-26(29)33(41)30-31(32(40)23-15-17-24(37)18-16-23)39-20-19-22-9-3-4-10-25(22)34(39)36(30)27-12-6-7-13-28(27)38-35(36)42/h2-20,30-31,34H,1,21H2,(H,38,42)/t30-,31-,34-,36-/m1/s1. The quantitative estimate of drug-likeness (QED) is 0.206. The lowest BCUT2D eigenvalue weighted by Gasteiger charge is -2.38. The van der Waals surface area contributed by atoms with Crippen LogP contribution in [0.15, 0.2) is 116 Å². The molecule has 43 heavy (non-hydrogen) atoms. The van der Waals surface area contributed by atoms with E-state index in [-0.39, 0.29) is 29.4 Å². The van der Waals surface area contributed by atoms with Crippen LogP contribution in [0.4, 0.5) is 10.1 Å². The van der Waals surface area contributed by atoms with Gasteiger partial charge in [-0.05, 0) is 65.2 Å². The number of halogens is 1. The highest BCUT2D eigenvalue weighted by Crippen LogP contribution is 2.62. The lowest BCUT2D eigenvalue weighted by atomic mass is 9.62. The molecule has 3 heterocycles. The number of ether oxygens (including phenoxy) is 1. The van der Waals surface area contributed by atoms with Gasteiger partial charge in [-0.2, -0.15) is 0 Å². The number of nitrogens with one attached hydrogen (secondary N) is 1. The van der Waals surface area contributed by atoms with Gasteiger partial charge in [0.2, 0.25) is 5.91 Å². The molecular weight excluding hydrogens is 543 g/mol. The molecule has 0 aliphatic carbocycles. The second kappa shape index (κ2) is 10.2. The third kappa shape index (κ3) is 3.88. The lowest BCUT2D eigenvalue weighted by Crippen LogP contribution is -2.49.